The highest BCUT2D eigenvalue weighted by Crippen LogP contribution is 2.31. The van der Waals surface area contributed by atoms with Crippen LogP contribution >= 0.6 is 24.0 Å². The lowest BCUT2D eigenvalue weighted by atomic mass is 9.80. The van der Waals surface area contributed by atoms with E-state index in [0.717, 1.165) is 49.7 Å². The molecule has 7 heteroatoms. The second-order valence-electron chi connectivity index (χ2n) is 7.20. The van der Waals surface area contributed by atoms with Gasteiger partial charge in [0.15, 0.2) is 5.96 Å². The molecule has 0 aliphatic heterocycles. The molecule has 2 N–H and O–H groups in total. The van der Waals surface area contributed by atoms with Crippen LogP contribution in [0.5, 0.6) is 0 Å². The normalized spacial score (nSPS) is 20.5. The van der Waals surface area contributed by atoms with Crippen LogP contribution < -0.4 is 10.6 Å². The number of hydrogen-bond acceptors (Lipinski definition) is 3. The number of aromatic nitrogens is 3. The van der Waals surface area contributed by atoms with Gasteiger partial charge in [0.2, 0.25) is 0 Å². The third-order valence-corrected chi connectivity index (χ3v) is 5.37. The van der Waals surface area contributed by atoms with E-state index in [4.69, 9.17) is 0 Å². The molecule has 0 atom stereocenters. The van der Waals surface area contributed by atoms with Gasteiger partial charge in [-0.3, -0.25) is 4.99 Å². The molecule has 1 aromatic heterocycles. The highest BCUT2D eigenvalue weighted by Gasteiger charge is 2.20. The molecule has 1 fully saturated rings. The lowest BCUT2D eigenvalue weighted by Crippen LogP contribution is -2.41. The first kappa shape index (κ1) is 23.2. The van der Waals surface area contributed by atoms with E-state index in [9.17, 15) is 0 Å². The summed E-state index contributed by atoms with van der Waals surface area (Å²) in [6.07, 6.45) is 12.4. The van der Waals surface area contributed by atoms with Crippen LogP contribution in [0.15, 0.2) is 11.3 Å². The van der Waals surface area contributed by atoms with Crippen LogP contribution in [0.1, 0.15) is 64.6 Å². The first-order chi connectivity index (χ1) is 12.3. The molecule has 6 nitrogen and oxygen atoms in total. The van der Waals surface area contributed by atoms with Crippen LogP contribution in [-0.2, 0) is 13.0 Å². The van der Waals surface area contributed by atoms with Crippen LogP contribution in [-0.4, -0.2) is 40.9 Å². The van der Waals surface area contributed by atoms with Crippen molar-refractivity contribution in [3.63, 3.8) is 0 Å². The van der Waals surface area contributed by atoms with E-state index in [2.05, 4.69) is 44.2 Å². The number of unbranched alkanes of at least 4 members (excludes halogenated alkanes) is 1. The minimum atomic E-state index is 0. The molecular weight excluding hydrogens is 439 g/mol. The van der Waals surface area contributed by atoms with Crippen LogP contribution in [0.3, 0.4) is 0 Å². The highest BCUT2D eigenvalue weighted by molar-refractivity contribution is 14.0. The molecule has 0 spiro atoms. The summed E-state index contributed by atoms with van der Waals surface area (Å²) in [4.78, 5) is 4.34. The van der Waals surface area contributed by atoms with Gasteiger partial charge in [-0.15, -0.1) is 34.2 Å². The van der Waals surface area contributed by atoms with E-state index >= 15 is 0 Å². The summed E-state index contributed by atoms with van der Waals surface area (Å²) in [5.74, 6) is 3.70. The summed E-state index contributed by atoms with van der Waals surface area (Å²) in [6, 6.07) is 0. The molecule has 1 aromatic rings. The Morgan fingerprint density at radius 1 is 1.19 bits per heavy atom. The number of hydrogen-bond donors (Lipinski definition) is 2. The average Bonchev–Trinajstić information content (AvgIpc) is 3.11. The molecule has 2 rings (SSSR count). The molecule has 1 heterocycles. The predicted octanol–water partition coefficient (Wildman–Crippen LogP) is 3.62. The first-order valence-electron chi connectivity index (χ1n) is 10.1. The summed E-state index contributed by atoms with van der Waals surface area (Å²) < 4.78 is 2.10. The van der Waals surface area contributed by atoms with E-state index in [-0.39, 0.29) is 24.0 Å². The van der Waals surface area contributed by atoms with E-state index in [1.165, 1.54) is 44.9 Å². The molecule has 1 aliphatic rings. The molecule has 150 valence electrons. The lowest BCUT2D eigenvalue weighted by Gasteiger charge is -2.29. The smallest absolute Gasteiger partial charge is 0.191 e. The zero-order valence-corrected chi connectivity index (χ0v) is 19.0. The van der Waals surface area contributed by atoms with Crippen molar-refractivity contribution < 1.29 is 0 Å². The fourth-order valence-corrected chi connectivity index (χ4v) is 3.71. The highest BCUT2D eigenvalue weighted by atomic mass is 127. The maximum atomic E-state index is 4.34. The summed E-state index contributed by atoms with van der Waals surface area (Å²) in [5.41, 5.74) is 0. The van der Waals surface area contributed by atoms with Gasteiger partial charge in [-0.2, -0.15) is 0 Å². The molecule has 0 bridgehead atoms. The minimum Gasteiger partial charge on any atom is -0.356 e. The number of nitrogens with zero attached hydrogens (tertiary/aromatic N) is 4. The Morgan fingerprint density at radius 2 is 1.92 bits per heavy atom. The zero-order chi connectivity index (χ0) is 17.9. The van der Waals surface area contributed by atoms with Gasteiger partial charge >= 0.3 is 0 Å². The maximum Gasteiger partial charge on any atom is 0.191 e. The third-order valence-electron chi connectivity index (χ3n) is 5.37. The van der Waals surface area contributed by atoms with Crippen LogP contribution in [0.25, 0.3) is 0 Å². The SMILES string of the molecule is CCCCC1CCC(CNC(=NC)NCCn2cnnc2CC)CC1.I. The van der Waals surface area contributed by atoms with Crippen LogP contribution in [0, 0.1) is 11.8 Å². The molecule has 0 aromatic carbocycles. The molecule has 0 radical (unpaired) electrons. The van der Waals surface area contributed by atoms with Gasteiger partial charge in [-0.1, -0.05) is 46.0 Å². The number of aliphatic imine (C=N–C) groups is 1. The van der Waals surface area contributed by atoms with Crippen LogP contribution in [0.2, 0.25) is 0 Å². The van der Waals surface area contributed by atoms with Gasteiger partial charge in [0.1, 0.15) is 12.2 Å². The predicted molar refractivity (Wildman–Crippen MR) is 119 cm³/mol. The third kappa shape index (κ3) is 7.80. The minimum absolute atomic E-state index is 0. The van der Waals surface area contributed by atoms with Crippen molar-refractivity contribution in [3.8, 4) is 0 Å². The van der Waals surface area contributed by atoms with Crippen molar-refractivity contribution in [1.29, 1.82) is 0 Å². The van der Waals surface area contributed by atoms with Crippen molar-refractivity contribution in [2.45, 2.75) is 71.8 Å². The first-order valence-corrected chi connectivity index (χ1v) is 10.1. The van der Waals surface area contributed by atoms with Gasteiger partial charge in [0, 0.05) is 33.1 Å². The molecule has 26 heavy (non-hydrogen) atoms. The summed E-state index contributed by atoms with van der Waals surface area (Å²) in [6.45, 7) is 7.12. The van der Waals surface area contributed by atoms with E-state index in [1.807, 2.05) is 7.05 Å². The average molecular weight is 476 g/mol. The number of guanidine groups is 1. The van der Waals surface area contributed by atoms with Gasteiger partial charge in [0.05, 0.1) is 0 Å². The fraction of sp³-hybridized carbons (Fsp3) is 0.842. The van der Waals surface area contributed by atoms with E-state index in [1.54, 1.807) is 6.33 Å². The van der Waals surface area contributed by atoms with Gasteiger partial charge < -0.3 is 15.2 Å². The molecule has 0 amide bonds. The summed E-state index contributed by atoms with van der Waals surface area (Å²) in [7, 11) is 1.84. The topological polar surface area (TPSA) is 67.1 Å². The summed E-state index contributed by atoms with van der Waals surface area (Å²) >= 11 is 0. The lowest BCUT2D eigenvalue weighted by molar-refractivity contribution is 0.259. The monoisotopic (exact) mass is 476 g/mol. The van der Waals surface area contributed by atoms with Crippen molar-refractivity contribution >= 4 is 29.9 Å². The van der Waals surface area contributed by atoms with Gasteiger partial charge in [0.25, 0.3) is 0 Å². The van der Waals surface area contributed by atoms with Crippen molar-refractivity contribution in [3.05, 3.63) is 12.2 Å². The van der Waals surface area contributed by atoms with Crippen molar-refractivity contribution in [2.24, 2.45) is 16.8 Å². The Hall–Kier alpha value is -0.860. The number of aryl methyl sites for hydroxylation is 1. The largest absolute Gasteiger partial charge is 0.356 e. The van der Waals surface area contributed by atoms with Gasteiger partial charge in [-0.05, 0) is 24.7 Å². The van der Waals surface area contributed by atoms with Crippen LogP contribution in [0.4, 0.5) is 0 Å². The number of nitrogens with one attached hydrogen (secondary N) is 2. The Kier molecular flexibility index (Phi) is 11.9. The molecule has 0 unspecified atom stereocenters. The zero-order valence-electron chi connectivity index (χ0n) is 16.7. The Balaban J connectivity index is 0.00000338. The Morgan fingerprint density at radius 3 is 2.58 bits per heavy atom. The van der Waals surface area contributed by atoms with E-state index in [0.29, 0.717) is 0 Å². The van der Waals surface area contributed by atoms with Gasteiger partial charge in [-0.25, -0.2) is 0 Å². The second kappa shape index (κ2) is 13.3. The number of rotatable bonds is 9. The summed E-state index contributed by atoms with van der Waals surface area (Å²) in [5, 5.41) is 15.0. The quantitative estimate of drug-likeness (QED) is 0.325. The second-order valence-corrected chi connectivity index (χ2v) is 7.20. The van der Waals surface area contributed by atoms with Crippen molar-refractivity contribution in [1.82, 2.24) is 25.4 Å². The Labute approximate surface area is 176 Å². The van der Waals surface area contributed by atoms with E-state index < -0.39 is 0 Å². The molecule has 1 aliphatic carbocycles. The molecule has 1 saturated carbocycles. The van der Waals surface area contributed by atoms with Crippen molar-refractivity contribution in [2.75, 3.05) is 20.1 Å². The molecule has 0 saturated heterocycles. The standard InChI is InChI=1S/C19H36N6.HI/c1-4-6-7-16-8-10-17(11-9-16)14-22-19(20-3)21-12-13-25-15-23-24-18(25)5-2;/h15-17H,4-14H2,1-3H3,(H2,20,21,22);1H. The Bertz CT molecular complexity index is 508. The number of halogens is 1. The molecular formula is C19H37IN6. The maximum absolute atomic E-state index is 4.34. The fourth-order valence-electron chi connectivity index (χ4n) is 3.71.